The number of hydrogen-bond acceptors (Lipinski definition) is 4. The molecule has 0 bridgehead atoms. The van der Waals surface area contributed by atoms with Gasteiger partial charge in [0.25, 0.3) is 0 Å². The fraction of sp³-hybridized carbons (Fsp3) is 0.619. The summed E-state index contributed by atoms with van der Waals surface area (Å²) in [5.74, 6) is 0.146. The number of carbonyl (C=O) groups excluding carboxylic acids is 2. The molecule has 1 aromatic carbocycles. The van der Waals surface area contributed by atoms with E-state index in [1.54, 1.807) is 4.90 Å². The molecule has 2 aliphatic heterocycles. The molecule has 0 saturated carbocycles. The maximum Gasteiger partial charge on any atom is 0.321 e. The topological polar surface area (TPSA) is 67.9 Å². The number of nitrogens with one attached hydrogen (secondary N) is 2. The Morgan fingerprint density at radius 1 is 1.07 bits per heavy atom. The third kappa shape index (κ3) is 5.02. The molecule has 2 aliphatic rings. The van der Waals surface area contributed by atoms with E-state index in [4.69, 9.17) is 0 Å². The van der Waals surface area contributed by atoms with E-state index in [1.807, 2.05) is 36.1 Å². The van der Waals surface area contributed by atoms with E-state index in [0.29, 0.717) is 26.2 Å². The highest BCUT2D eigenvalue weighted by atomic mass is 16.2. The summed E-state index contributed by atoms with van der Waals surface area (Å²) in [6.07, 6.45) is 0. The van der Waals surface area contributed by atoms with Gasteiger partial charge in [0.05, 0.1) is 6.04 Å². The van der Waals surface area contributed by atoms with Crippen LogP contribution in [-0.2, 0) is 4.79 Å². The van der Waals surface area contributed by atoms with Crippen molar-refractivity contribution >= 4 is 17.6 Å². The number of aryl methyl sites for hydroxylation is 1. The summed E-state index contributed by atoms with van der Waals surface area (Å²) < 4.78 is 0. The average Bonchev–Trinajstić information content (AvgIpc) is 2.67. The first-order chi connectivity index (χ1) is 13.2. The third-order valence-corrected chi connectivity index (χ3v) is 5.57. The van der Waals surface area contributed by atoms with Crippen molar-refractivity contribution in [1.82, 2.24) is 20.0 Å². The van der Waals surface area contributed by atoms with Crippen molar-refractivity contribution in [2.75, 3.05) is 51.1 Å². The Morgan fingerprint density at radius 3 is 2.39 bits per heavy atom. The summed E-state index contributed by atoms with van der Waals surface area (Å²) in [5, 5.41) is 6.31. The fourth-order valence-corrected chi connectivity index (χ4v) is 3.80. The summed E-state index contributed by atoms with van der Waals surface area (Å²) in [5.41, 5.74) is 1.97. The van der Waals surface area contributed by atoms with Crippen molar-refractivity contribution in [3.8, 4) is 0 Å². The maximum atomic E-state index is 12.9. The molecule has 0 aromatic heterocycles. The van der Waals surface area contributed by atoms with E-state index in [9.17, 15) is 9.59 Å². The second-order valence-corrected chi connectivity index (χ2v) is 8.74. The molecule has 2 fully saturated rings. The lowest BCUT2D eigenvalue weighted by molar-refractivity contribution is -0.136. The molecule has 28 heavy (non-hydrogen) atoms. The van der Waals surface area contributed by atoms with E-state index in [2.05, 4.69) is 36.3 Å². The molecular formula is C21H33N5O2. The van der Waals surface area contributed by atoms with Crippen LogP contribution in [0.2, 0.25) is 0 Å². The molecule has 0 spiro atoms. The Balaban J connectivity index is 1.50. The van der Waals surface area contributed by atoms with Crippen molar-refractivity contribution in [2.45, 2.75) is 39.3 Å². The largest absolute Gasteiger partial charge is 0.338 e. The number of hydrogen-bond donors (Lipinski definition) is 2. The van der Waals surface area contributed by atoms with Gasteiger partial charge in [0.1, 0.15) is 0 Å². The highest BCUT2D eigenvalue weighted by Crippen LogP contribution is 2.17. The number of benzene rings is 1. The second kappa shape index (κ2) is 8.49. The highest BCUT2D eigenvalue weighted by molar-refractivity contribution is 5.89. The number of piperazine rings is 2. The maximum absolute atomic E-state index is 12.9. The highest BCUT2D eigenvalue weighted by Gasteiger charge is 2.34. The molecule has 0 unspecified atom stereocenters. The monoisotopic (exact) mass is 387 g/mol. The van der Waals surface area contributed by atoms with Gasteiger partial charge in [-0.2, -0.15) is 0 Å². The minimum Gasteiger partial charge on any atom is -0.338 e. The minimum absolute atomic E-state index is 0.0627. The quantitative estimate of drug-likeness (QED) is 0.811. The van der Waals surface area contributed by atoms with Crippen LogP contribution in [0.3, 0.4) is 0 Å². The van der Waals surface area contributed by atoms with Crippen LogP contribution in [0.5, 0.6) is 0 Å². The van der Waals surface area contributed by atoms with Crippen LogP contribution in [0.1, 0.15) is 26.3 Å². The van der Waals surface area contributed by atoms with Crippen molar-refractivity contribution in [3.05, 3.63) is 29.8 Å². The van der Waals surface area contributed by atoms with Gasteiger partial charge in [0, 0.05) is 57.0 Å². The Bertz CT molecular complexity index is 707. The van der Waals surface area contributed by atoms with Gasteiger partial charge in [0.2, 0.25) is 5.91 Å². The van der Waals surface area contributed by atoms with Gasteiger partial charge in [-0.1, -0.05) is 12.1 Å². The zero-order chi connectivity index (χ0) is 20.3. The molecule has 2 saturated heterocycles. The van der Waals surface area contributed by atoms with Gasteiger partial charge in [-0.3, -0.25) is 9.69 Å². The van der Waals surface area contributed by atoms with Crippen LogP contribution in [0.4, 0.5) is 10.5 Å². The lowest BCUT2D eigenvalue weighted by Crippen LogP contribution is -2.63. The number of anilines is 1. The molecule has 7 nitrogen and oxygen atoms in total. The summed E-state index contributed by atoms with van der Waals surface area (Å²) in [6, 6.07) is 7.50. The molecule has 7 heteroatoms. The first-order valence-electron chi connectivity index (χ1n) is 10.1. The van der Waals surface area contributed by atoms with Crippen LogP contribution >= 0.6 is 0 Å². The number of rotatable bonds is 2. The van der Waals surface area contributed by atoms with E-state index in [0.717, 1.165) is 30.9 Å². The van der Waals surface area contributed by atoms with Gasteiger partial charge in [0.15, 0.2) is 0 Å². The molecular weight excluding hydrogens is 354 g/mol. The predicted octanol–water partition coefficient (Wildman–Crippen LogP) is 1.74. The van der Waals surface area contributed by atoms with Crippen molar-refractivity contribution in [1.29, 1.82) is 0 Å². The summed E-state index contributed by atoms with van der Waals surface area (Å²) in [7, 11) is 0. The number of urea groups is 1. The molecule has 0 radical (unpaired) electrons. The van der Waals surface area contributed by atoms with Crippen LogP contribution in [0, 0.1) is 6.92 Å². The zero-order valence-electron chi connectivity index (χ0n) is 17.5. The van der Waals surface area contributed by atoms with Gasteiger partial charge in [-0.15, -0.1) is 0 Å². The second-order valence-electron chi connectivity index (χ2n) is 8.74. The number of carbonyl (C=O) groups is 2. The van der Waals surface area contributed by atoms with E-state index < -0.39 is 0 Å². The van der Waals surface area contributed by atoms with Crippen LogP contribution in [0.25, 0.3) is 0 Å². The first-order valence-corrected chi connectivity index (χ1v) is 10.1. The third-order valence-electron chi connectivity index (χ3n) is 5.57. The Labute approximate surface area is 168 Å². The number of amides is 3. The lowest BCUT2D eigenvalue weighted by atomic mass is 10.0. The van der Waals surface area contributed by atoms with Crippen LogP contribution in [0.15, 0.2) is 24.3 Å². The van der Waals surface area contributed by atoms with E-state index in [-0.39, 0.29) is 23.5 Å². The molecule has 1 atom stereocenters. The fourth-order valence-electron chi connectivity index (χ4n) is 3.80. The zero-order valence-corrected chi connectivity index (χ0v) is 17.5. The standard InChI is InChI=1S/C21H33N5O2/c1-16-6-5-7-17(14-16)23-20(28)25-12-10-24(11-13-25)19(27)18-15-26(9-8-22-18)21(2,3)4/h5-7,14,18,22H,8-13,15H2,1-4H3,(H,23,28)/t18-/m1/s1. The van der Waals surface area contributed by atoms with Crippen molar-refractivity contribution < 1.29 is 9.59 Å². The predicted molar refractivity (Wildman–Crippen MR) is 111 cm³/mol. The smallest absolute Gasteiger partial charge is 0.321 e. The van der Waals surface area contributed by atoms with Crippen molar-refractivity contribution in [2.24, 2.45) is 0 Å². The van der Waals surface area contributed by atoms with Crippen molar-refractivity contribution in [3.63, 3.8) is 0 Å². The van der Waals surface area contributed by atoms with Gasteiger partial charge >= 0.3 is 6.03 Å². The van der Waals surface area contributed by atoms with Gasteiger partial charge in [-0.05, 0) is 45.4 Å². The minimum atomic E-state index is -0.166. The van der Waals surface area contributed by atoms with Crippen LogP contribution in [-0.4, -0.2) is 84.0 Å². The average molecular weight is 388 g/mol. The van der Waals surface area contributed by atoms with Gasteiger partial charge in [-0.25, -0.2) is 4.79 Å². The van der Waals surface area contributed by atoms with E-state index >= 15 is 0 Å². The summed E-state index contributed by atoms with van der Waals surface area (Å²) in [6.45, 7) is 13.3. The first kappa shape index (κ1) is 20.6. The summed E-state index contributed by atoms with van der Waals surface area (Å²) in [4.78, 5) is 31.5. The molecule has 1 aromatic rings. The van der Waals surface area contributed by atoms with E-state index in [1.165, 1.54) is 0 Å². The SMILES string of the molecule is Cc1cccc(NC(=O)N2CCN(C(=O)[C@H]3CN(C(C)(C)C)CCN3)CC2)c1. The van der Waals surface area contributed by atoms with Gasteiger partial charge < -0.3 is 20.4 Å². The Morgan fingerprint density at radius 2 is 1.75 bits per heavy atom. The molecule has 2 heterocycles. The molecule has 2 N–H and O–H groups in total. The molecule has 0 aliphatic carbocycles. The number of nitrogens with zero attached hydrogens (tertiary/aromatic N) is 3. The Hall–Kier alpha value is -2.12. The molecule has 154 valence electrons. The Kier molecular flexibility index (Phi) is 6.25. The summed E-state index contributed by atoms with van der Waals surface area (Å²) >= 11 is 0. The molecule has 3 rings (SSSR count). The normalized spacial score (nSPS) is 21.5. The lowest BCUT2D eigenvalue weighted by Gasteiger charge is -2.43. The van der Waals surface area contributed by atoms with Crippen LogP contribution < -0.4 is 10.6 Å². The molecule has 3 amide bonds.